The second-order valence-electron chi connectivity index (χ2n) is 1.75. The topological polar surface area (TPSA) is 26.3 Å². The molecule has 0 atom stereocenters. The monoisotopic (exact) mass is 206 g/mol. The molecule has 0 unspecified atom stereocenters. The van der Waals surface area contributed by atoms with Crippen LogP contribution in [-0.4, -0.2) is 17.9 Å². The van der Waals surface area contributed by atoms with Crippen molar-refractivity contribution in [2.24, 2.45) is 0 Å². The molecule has 0 heterocycles. The van der Waals surface area contributed by atoms with Gasteiger partial charge in [-0.3, -0.25) is 4.79 Å². The number of alkyl halides is 1. The summed E-state index contributed by atoms with van der Waals surface area (Å²) in [6.45, 7) is 1.90. The summed E-state index contributed by atoms with van der Waals surface area (Å²) in [5, 5.41) is 0.854. The molecule has 0 aliphatic rings. The molecule has 0 saturated carbocycles. The molecule has 0 aliphatic carbocycles. The standard InChI is InChI=1S/C7H11BrO2/c1-7(9)10-6-4-2-3-5-8/h2-3H,4-6H2,1H3/b3-2-. The van der Waals surface area contributed by atoms with E-state index in [1.165, 1.54) is 6.92 Å². The van der Waals surface area contributed by atoms with Gasteiger partial charge in [0.25, 0.3) is 0 Å². The van der Waals surface area contributed by atoms with Crippen molar-refractivity contribution in [3.8, 4) is 0 Å². The third-order valence-corrected chi connectivity index (χ3v) is 1.22. The van der Waals surface area contributed by atoms with Gasteiger partial charge in [0.05, 0.1) is 6.61 Å². The zero-order valence-corrected chi connectivity index (χ0v) is 7.56. The number of carbonyl (C=O) groups is 1. The Kier molecular flexibility index (Phi) is 6.59. The number of halogens is 1. The second kappa shape index (κ2) is 6.81. The molecule has 0 aromatic carbocycles. The molecule has 0 aliphatic heterocycles. The molecule has 0 N–H and O–H groups in total. The smallest absolute Gasteiger partial charge is 0.302 e. The molecule has 0 aromatic heterocycles. The van der Waals surface area contributed by atoms with Crippen molar-refractivity contribution in [2.75, 3.05) is 11.9 Å². The van der Waals surface area contributed by atoms with Crippen molar-refractivity contribution in [1.29, 1.82) is 0 Å². The molecule has 0 saturated heterocycles. The van der Waals surface area contributed by atoms with Gasteiger partial charge in [-0.25, -0.2) is 0 Å². The second-order valence-corrected chi connectivity index (χ2v) is 2.40. The number of carbonyl (C=O) groups excluding carboxylic acids is 1. The first-order valence-electron chi connectivity index (χ1n) is 3.11. The lowest BCUT2D eigenvalue weighted by Gasteiger charge is -1.95. The van der Waals surface area contributed by atoms with Gasteiger partial charge in [-0.15, -0.1) is 0 Å². The van der Waals surface area contributed by atoms with Gasteiger partial charge in [0.2, 0.25) is 0 Å². The van der Waals surface area contributed by atoms with Crippen LogP contribution in [0.3, 0.4) is 0 Å². The van der Waals surface area contributed by atoms with Gasteiger partial charge < -0.3 is 4.74 Å². The molecule has 0 rings (SSSR count). The van der Waals surface area contributed by atoms with Crippen LogP contribution in [-0.2, 0) is 9.53 Å². The highest BCUT2D eigenvalue weighted by Gasteiger charge is 1.87. The van der Waals surface area contributed by atoms with Crippen LogP contribution in [0.25, 0.3) is 0 Å². The fraction of sp³-hybridized carbons (Fsp3) is 0.571. The Morgan fingerprint density at radius 1 is 1.60 bits per heavy atom. The first kappa shape index (κ1) is 9.69. The van der Waals surface area contributed by atoms with Crippen molar-refractivity contribution in [3.05, 3.63) is 12.2 Å². The SMILES string of the molecule is CC(=O)OCC/C=C\CBr. The van der Waals surface area contributed by atoms with Crippen LogP contribution in [0, 0.1) is 0 Å². The third-order valence-electron chi connectivity index (χ3n) is 0.846. The van der Waals surface area contributed by atoms with Gasteiger partial charge in [-0.05, 0) is 6.42 Å². The van der Waals surface area contributed by atoms with E-state index in [1.54, 1.807) is 0 Å². The van der Waals surface area contributed by atoms with Crippen molar-refractivity contribution in [2.45, 2.75) is 13.3 Å². The highest BCUT2D eigenvalue weighted by atomic mass is 79.9. The number of allylic oxidation sites excluding steroid dienone is 1. The highest BCUT2D eigenvalue weighted by Crippen LogP contribution is 1.88. The molecule has 0 radical (unpaired) electrons. The third kappa shape index (κ3) is 7.69. The molecule has 2 nitrogen and oxygen atoms in total. The summed E-state index contributed by atoms with van der Waals surface area (Å²) in [6.07, 6.45) is 4.74. The van der Waals surface area contributed by atoms with Gasteiger partial charge in [-0.1, -0.05) is 28.1 Å². The van der Waals surface area contributed by atoms with E-state index in [0.717, 1.165) is 11.8 Å². The normalized spacial score (nSPS) is 10.2. The van der Waals surface area contributed by atoms with Gasteiger partial charge in [0, 0.05) is 12.3 Å². The molecular formula is C7H11BrO2. The number of rotatable bonds is 4. The van der Waals surface area contributed by atoms with E-state index in [0.29, 0.717) is 6.61 Å². The molecule has 0 bridgehead atoms. The number of ether oxygens (including phenoxy) is 1. The predicted molar refractivity (Wildman–Crippen MR) is 44.2 cm³/mol. The Balaban J connectivity index is 3.05. The van der Waals surface area contributed by atoms with Gasteiger partial charge in [-0.2, -0.15) is 0 Å². The molecule has 58 valence electrons. The summed E-state index contributed by atoms with van der Waals surface area (Å²) in [6, 6.07) is 0. The zero-order chi connectivity index (χ0) is 7.82. The Hall–Kier alpha value is -0.310. The van der Waals surface area contributed by atoms with E-state index >= 15 is 0 Å². The average molecular weight is 207 g/mol. The Bertz CT molecular complexity index is 121. The minimum atomic E-state index is -0.216. The van der Waals surface area contributed by atoms with Crippen molar-refractivity contribution >= 4 is 21.9 Å². The Morgan fingerprint density at radius 2 is 2.30 bits per heavy atom. The Labute approximate surface area is 69.4 Å². The lowest BCUT2D eigenvalue weighted by Crippen LogP contribution is -1.98. The van der Waals surface area contributed by atoms with E-state index in [-0.39, 0.29) is 5.97 Å². The fourth-order valence-corrected chi connectivity index (χ4v) is 0.716. The van der Waals surface area contributed by atoms with E-state index in [1.807, 2.05) is 12.2 Å². The maximum atomic E-state index is 10.2. The molecule has 0 fully saturated rings. The lowest BCUT2D eigenvalue weighted by atomic mass is 10.4. The molecule has 0 spiro atoms. The summed E-state index contributed by atoms with van der Waals surface area (Å²) in [5.41, 5.74) is 0. The summed E-state index contributed by atoms with van der Waals surface area (Å²) < 4.78 is 4.68. The minimum Gasteiger partial charge on any atom is -0.466 e. The number of hydrogen-bond donors (Lipinski definition) is 0. The number of esters is 1. The summed E-state index contributed by atoms with van der Waals surface area (Å²) in [4.78, 5) is 10.2. The van der Waals surface area contributed by atoms with Crippen LogP contribution < -0.4 is 0 Å². The molecule has 3 heteroatoms. The molecule has 0 aromatic rings. The summed E-state index contributed by atoms with van der Waals surface area (Å²) in [7, 11) is 0. The first-order chi connectivity index (χ1) is 4.77. The van der Waals surface area contributed by atoms with Crippen molar-refractivity contribution in [3.63, 3.8) is 0 Å². The highest BCUT2D eigenvalue weighted by molar-refractivity contribution is 9.09. The van der Waals surface area contributed by atoms with Crippen molar-refractivity contribution in [1.82, 2.24) is 0 Å². The fourth-order valence-electron chi connectivity index (χ4n) is 0.452. The van der Waals surface area contributed by atoms with Crippen LogP contribution in [0.1, 0.15) is 13.3 Å². The van der Waals surface area contributed by atoms with Crippen LogP contribution in [0.4, 0.5) is 0 Å². The maximum Gasteiger partial charge on any atom is 0.302 e. The predicted octanol–water partition coefficient (Wildman–Crippen LogP) is 1.89. The molecule has 0 amide bonds. The summed E-state index contributed by atoms with van der Waals surface area (Å²) in [5.74, 6) is -0.216. The molecule has 10 heavy (non-hydrogen) atoms. The van der Waals surface area contributed by atoms with Crippen LogP contribution in [0.5, 0.6) is 0 Å². The molecular weight excluding hydrogens is 196 g/mol. The minimum absolute atomic E-state index is 0.216. The average Bonchev–Trinajstić information content (AvgIpc) is 1.87. The largest absolute Gasteiger partial charge is 0.466 e. The number of hydrogen-bond acceptors (Lipinski definition) is 2. The first-order valence-corrected chi connectivity index (χ1v) is 4.24. The van der Waals surface area contributed by atoms with Crippen molar-refractivity contribution < 1.29 is 9.53 Å². The van der Waals surface area contributed by atoms with Crippen LogP contribution >= 0.6 is 15.9 Å². The van der Waals surface area contributed by atoms with Crippen LogP contribution in [0.2, 0.25) is 0 Å². The van der Waals surface area contributed by atoms with E-state index in [9.17, 15) is 4.79 Å². The van der Waals surface area contributed by atoms with Gasteiger partial charge in [0.1, 0.15) is 0 Å². The maximum absolute atomic E-state index is 10.2. The van der Waals surface area contributed by atoms with E-state index in [4.69, 9.17) is 0 Å². The van der Waals surface area contributed by atoms with Gasteiger partial charge in [0.15, 0.2) is 0 Å². The Morgan fingerprint density at radius 3 is 2.80 bits per heavy atom. The van der Waals surface area contributed by atoms with E-state index in [2.05, 4.69) is 20.7 Å². The quantitative estimate of drug-likeness (QED) is 0.304. The summed E-state index contributed by atoms with van der Waals surface area (Å²) >= 11 is 3.24. The zero-order valence-electron chi connectivity index (χ0n) is 5.97. The van der Waals surface area contributed by atoms with E-state index < -0.39 is 0 Å². The van der Waals surface area contributed by atoms with Gasteiger partial charge >= 0.3 is 5.97 Å². The lowest BCUT2D eigenvalue weighted by molar-refractivity contribution is -0.140. The van der Waals surface area contributed by atoms with Crippen LogP contribution in [0.15, 0.2) is 12.2 Å².